The van der Waals surface area contributed by atoms with Crippen LogP contribution in [-0.4, -0.2) is 0 Å². The standard InChI is InChI=1S/C8H3BrClIS/c9-6-3-12-8-5(6)1-4(10)2-7(8)11/h1-3H. The fourth-order valence-electron chi connectivity index (χ4n) is 1.03. The molecule has 0 spiro atoms. The fraction of sp³-hybridized carbons (Fsp3) is 0. The predicted octanol–water partition coefficient (Wildman–Crippen LogP) is 4.92. The monoisotopic (exact) mass is 372 g/mol. The van der Waals surface area contributed by atoms with Crippen LogP contribution in [0, 0.1) is 3.57 Å². The zero-order valence-corrected chi connectivity index (χ0v) is 11.1. The molecule has 0 aliphatic rings. The van der Waals surface area contributed by atoms with Crippen LogP contribution in [0.4, 0.5) is 0 Å². The number of hydrogen-bond donors (Lipinski definition) is 0. The van der Waals surface area contributed by atoms with Crippen molar-refractivity contribution in [3.05, 3.63) is 30.6 Å². The Kier molecular flexibility index (Phi) is 2.65. The molecule has 0 amide bonds. The maximum atomic E-state index is 5.93. The molecule has 0 saturated heterocycles. The van der Waals surface area contributed by atoms with Gasteiger partial charge in [0.15, 0.2) is 0 Å². The molecule has 0 saturated carbocycles. The van der Waals surface area contributed by atoms with E-state index in [1.807, 2.05) is 12.1 Å². The molecule has 1 aromatic carbocycles. The summed E-state index contributed by atoms with van der Waals surface area (Å²) in [4.78, 5) is 0. The van der Waals surface area contributed by atoms with Crippen LogP contribution >= 0.6 is 61.5 Å². The van der Waals surface area contributed by atoms with E-state index in [1.54, 1.807) is 11.3 Å². The Labute approximate surface area is 101 Å². The van der Waals surface area contributed by atoms with Crippen molar-refractivity contribution in [3.8, 4) is 0 Å². The number of halogens is 3. The highest BCUT2D eigenvalue weighted by molar-refractivity contribution is 14.1. The molecule has 2 rings (SSSR count). The highest BCUT2D eigenvalue weighted by Gasteiger charge is 2.05. The van der Waals surface area contributed by atoms with Crippen molar-refractivity contribution < 1.29 is 0 Å². The lowest BCUT2D eigenvalue weighted by atomic mass is 10.3. The molecule has 4 heteroatoms. The normalized spacial score (nSPS) is 10.9. The molecule has 62 valence electrons. The summed E-state index contributed by atoms with van der Waals surface area (Å²) >= 11 is 13.5. The van der Waals surface area contributed by atoms with Gasteiger partial charge in [0.1, 0.15) is 0 Å². The lowest BCUT2D eigenvalue weighted by molar-refractivity contribution is 1.77. The molecule has 0 aliphatic carbocycles. The van der Waals surface area contributed by atoms with E-state index < -0.39 is 0 Å². The van der Waals surface area contributed by atoms with Crippen LogP contribution in [0.3, 0.4) is 0 Å². The maximum absolute atomic E-state index is 5.93. The van der Waals surface area contributed by atoms with E-state index >= 15 is 0 Å². The average molecular weight is 373 g/mol. The minimum Gasteiger partial charge on any atom is -0.141 e. The van der Waals surface area contributed by atoms with E-state index in [-0.39, 0.29) is 0 Å². The van der Waals surface area contributed by atoms with Crippen molar-refractivity contribution in [2.24, 2.45) is 0 Å². The van der Waals surface area contributed by atoms with Gasteiger partial charge < -0.3 is 0 Å². The van der Waals surface area contributed by atoms with E-state index in [2.05, 4.69) is 43.9 Å². The first-order valence-electron chi connectivity index (χ1n) is 3.20. The van der Waals surface area contributed by atoms with Crippen molar-refractivity contribution in [1.82, 2.24) is 0 Å². The third-order valence-electron chi connectivity index (χ3n) is 1.55. The summed E-state index contributed by atoms with van der Waals surface area (Å²) in [6.45, 7) is 0. The van der Waals surface area contributed by atoms with Gasteiger partial charge in [0, 0.05) is 28.5 Å². The summed E-state index contributed by atoms with van der Waals surface area (Å²) in [7, 11) is 0. The third kappa shape index (κ3) is 1.52. The molecule has 0 fully saturated rings. The quantitative estimate of drug-likeness (QED) is 0.575. The van der Waals surface area contributed by atoms with Gasteiger partial charge >= 0.3 is 0 Å². The lowest BCUT2D eigenvalue weighted by Crippen LogP contribution is -1.71. The largest absolute Gasteiger partial charge is 0.141 e. The van der Waals surface area contributed by atoms with Gasteiger partial charge in [-0.1, -0.05) is 11.6 Å². The smallest absolute Gasteiger partial charge is 0.0489 e. The molecule has 1 heterocycles. The first-order chi connectivity index (χ1) is 5.68. The fourth-order valence-corrected chi connectivity index (χ4v) is 3.98. The molecular weight excluding hydrogens is 370 g/mol. The Morgan fingerprint density at radius 1 is 1.42 bits per heavy atom. The number of thiophene rings is 1. The Bertz CT molecular complexity index is 438. The Balaban J connectivity index is 2.92. The second kappa shape index (κ2) is 3.44. The second-order valence-electron chi connectivity index (χ2n) is 2.35. The van der Waals surface area contributed by atoms with Gasteiger partial charge in [0.2, 0.25) is 0 Å². The Morgan fingerprint density at radius 3 is 2.92 bits per heavy atom. The summed E-state index contributed by atoms with van der Waals surface area (Å²) < 4.78 is 3.64. The molecule has 0 atom stereocenters. The lowest BCUT2D eigenvalue weighted by Gasteiger charge is -1.95. The molecule has 0 aliphatic heterocycles. The summed E-state index contributed by atoms with van der Waals surface area (Å²) in [5.74, 6) is 0. The summed E-state index contributed by atoms with van der Waals surface area (Å²) in [5.41, 5.74) is 0. The van der Waals surface area contributed by atoms with Crippen LogP contribution in [0.15, 0.2) is 22.0 Å². The van der Waals surface area contributed by atoms with Crippen LogP contribution in [0.1, 0.15) is 0 Å². The topological polar surface area (TPSA) is 0 Å². The Morgan fingerprint density at radius 2 is 2.17 bits per heavy atom. The predicted molar refractivity (Wildman–Crippen MR) is 67.3 cm³/mol. The summed E-state index contributed by atoms with van der Waals surface area (Å²) in [6.07, 6.45) is 0. The number of benzene rings is 1. The Hall–Kier alpha value is 0.680. The van der Waals surface area contributed by atoms with Crippen LogP contribution < -0.4 is 0 Å². The first-order valence-corrected chi connectivity index (χ1v) is 6.33. The minimum atomic E-state index is 0.797. The zero-order valence-electron chi connectivity index (χ0n) is 5.77. The molecule has 1 aromatic heterocycles. The van der Waals surface area contributed by atoms with E-state index in [0.717, 1.165) is 9.50 Å². The van der Waals surface area contributed by atoms with Gasteiger partial charge in [-0.3, -0.25) is 0 Å². The molecule has 0 nitrogen and oxygen atoms in total. The van der Waals surface area contributed by atoms with Crippen molar-refractivity contribution in [3.63, 3.8) is 0 Å². The van der Waals surface area contributed by atoms with Crippen LogP contribution in [0.5, 0.6) is 0 Å². The third-order valence-corrected chi connectivity index (χ3v) is 4.97. The zero-order chi connectivity index (χ0) is 8.72. The number of fused-ring (bicyclic) bond motifs is 1. The van der Waals surface area contributed by atoms with Gasteiger partial charge in [0.25, 0.3) is 0 Å². The number of hydrogen-bond acceptors (Lipinski definition) is 1. The van der Waals surface area contributed by atoms with Crippen LogP contribution in [-0.2, 0) is 0 Å². The molecule has 0 bridgehead atoms. The van der Waals surface area contributed by atoms with Gasteiger partial charge in [-0.2, -0.15) is 0 Å². The highest BCUT2D eigenvalue weighted by Crippen LogP contribution is 2.35. The van der Waals surface area contributed by atoms with E-state index in [4.69, 9.17) is 11.6 Å². The average Bonchev–Trinajstić information content (AvgIpc) is 2.33. The van der Waals surface area contributed by atoms with Gasteiger partial charge in [-0.05, 0) is 50.7 Å². The van der Waals surface area contributed by atoms with Crippen molar-refractivity contribution in [2.45, 2.75) is 0 Å². The van der Waals surface area contributed by atoms with Gasteiger partial charge in [0.05, 0.1) is 0 Å². The van der Waals surface area contributed by atoms with Gasteiger partial charge in [-0.25, -0.2) is 0 Å². The van der Waals surface area contributed by atoms with Crippen molar-refractivity contribution in [2.75, 3.05) is 0 Å². The molecule has 0 radical (unpaired) electrons. The maximum Gasteiger partial charge on any atom is 0.0489 e. The van der Waals surface area contributed by atoms with E-state index in [1.165, 1.54) is 13.7 Å². The molecule has 12 heavy (non-hydrogen) atoms. The van der Waals surface area contributed by atoms with E-state index in [9.17, 15) is 0 Å². The van der Waals surface area contributed by atoms with Crippen molar-refractivity contribution in [1.29, 1.82) is 0 Å². The summed E-state index contributed by atoms with van der Waals surface area (Å²) in [6, 6.07) is 3.97. The molecular formula is C8H3BrClIS. The van der Waals surface area contributed by atoms with Crippen LogP contribution in [0.25, 0.3) is 10.1 Å². The van der Waals surface area contributed by atoms with E-state index in [0.29, 0.717) is 0 Å². The minimum absolute atomic E-state index is 0.797. The highest BCUT2D eigenvalue weighted by atomic mass is 127. The first kappa shape index (κ1) is 9.24. The van der Waals surface area contributed by atoms with Crippen LogP contribution in [0.2, 0.25) is 5.02 Å². The summed E-state index contributed by atoms with van der Waals surface area (Å²) in [5, 5.41) is 4.09. The molecule has 0 N–H and O–H groups in total. The molecule has 0 unspecified atom stereocenters. The molecule has 2 aromatic rings. The van der Waals surface area contributed by atoms with Crippen molar-refractivity contribution >= 4 is 71.5 Å². The SMILES string of the molecule is Clc1cc(I)c2scc(Br)c2c1. The second-order valence-corrected chi connectivity index (χ2v) is 5.68. The van der Waals surface area contributed by atoms with Gasteiger partial charge in [-0.15, -0.1) is 11.3 Å². The number of rotatable bonds is 0.